The first-order valence-electron chi connectivity index (χ1n) is 6.64. The molecular weight excluding hydrogens is 244 g/mol. The second-order valence-corrected chi connectivity index (χ2v) is 4.76. The Morgan fingerprint density at radius 3 is 2.25 bits per heavy atom. The van der Waals surface area contributed by atoms with Gasteiger partial charge in [-0.3, -0.25) is 4.68 Å². The molecule has 3 rings (SSSR count). The molecule has 2 heteroatoms. The van der Waals surface area contributed by atoms with E-state index in [9.17, 15) is 0 Å². The van der Waals surface area contributed by atoms with Crippen LogP contribution in [0.1, 0.15) is 16.7 Å². The van der Waals surface area contributed by atoms with Gasteiger partial charge in [0, 0.05) is 11.8 Å². The van der Waals surface area contributed by atoms with Crippen LogP contribution in [-0.4, -0.2) is 9.78 Å². The average Bonchev–Trinajstić information content (AvgIpc) is 2.97. The van der Waals surface area contributed by atoms with E-state index in [0.717, 1.165) is 23.2 Å². The lowest BCUT2D eigenvalue weighted by atomic mass is 10.0. The Hall–Kier alpha value is -2.61. The van der Waals surface area contributed by atoms with Crippen LogP contribution in [0.3, 0.4) is 0 Å². The average molecular weight is 260 g/mol. The standard InChI is InChI=1S/C18H16N2/c1-15(17-10-6-3-7-11-17)18-12-19-20(14-18)13-16-8-4-2-5-9-16/h2-12,14H,1,13H2. The van der Waals surface area contributed by atoms with Crippen molar-refractivity contribution in [1.29, 1.82) is 0 Å². The maximum atomic E-state index is 4.41. The summed E-state index contributed by atoms with van der Waals surface area (Å²) in [7, 11) is 0. The van der Waals surface area contributed by atoms with E-state index in [1.807, 2.05) is 53.5 Å². The predicted octanol–water partition coefficient (Wildman–Crippen LogP) is 3.99. The summed E-state index contributed by atoms with van der Waals surface area (Å²) in [6.07, 6.45) is 3.92. The SMILES string of the molecule is C=C(c1ccccc1)c1cnn(Cc2ccccc2)c1. The van der Waals surface area contributed by atoms with Gasteiger partial charge < -0.3 is 0 Å². The molecule has 0 saturated carbocycles. The third-order valence-electron chi connectivity index (χ3n) is 3.29. The van der Waals surface area contributed by atoms with Crippen molar-refractivity contribution < 1.29 is 0 Å². The fraction of sp³-hybridized carbons (Fsp3) is 0.0556. The molecular formula is C18H16N2. The molecule has 0 bridgehead atoms. The molecule has 20 heavy (non-hydrogen) atoms. The monoisotopic (exact) mass is 260 g/mol. The van der Waals surface area contributed by atoms with Crippen LogP contribution in [0.15, 0.2) is 79.6 Å². The van der Waals surface area contributed by atoms with Gasteiger partial charge in [-0.1, -0.05) is 67.2 Å². The second kappa shape index (κ2) is 5.57. The summed E-state index contributed by atoms with van der Waals surface area (Å²) in [5.74, 6) is 0. The first kappa shape index (κ1) is 12.4. The smallest absolute Gasteiger partial charge is 0.0659 e. The van der Waals surface area contributed by atoms with Gasteiger partial charge >= 0.3 is 0 Å². The highest BCUT2D eigenvalue weighted by atomic mass is 15.3. The maximum Gasteiger partial charge on any atom is 0.0659 e. The first-order chi connectivity index (χ1) is 9.83. The molecule has 0 fully saturated rings. The summed E-state index contributed by atoms with van der Waals surface area (Å²) < 4.78 is 1.94. The Bertz CT molecular complexity index is 697. The molecule has 0 spiro atoms. The lowest BCUT2D eigenvalue weighted by Gasteiger charge is -2.03. The fourth-order valence-electron chi connectivity index (χ4n) is 2.18. The molecule has 0 aliphatic heterocycles. The van der Waals surface area contributed by atoms with Crippen LogP contribution in [-0.2, 0) is 6.54 Å². The summed E-state index contributed by atoms with van der Waals surface area (Å²) in [5, 5.41) is 4.41. The van der Waals surface area contributed by atoms with Gasteiger partial charge in [0.15, 0.2) is 0 Å². The van der Waals surface area contributed by atoms with Crippen LogP contribution in [0.2, 0.25) is 0 Å². The molecule has 0 aliphatic carbocycles. The minimum absolute atomic E-state index is 0.781. The van der Waals surface area contributed by atoms with Crippen molar-refractivity contribution in [2.24, 2.45) is 0 Å². The van der Waals surface area contributed by atoms with Crippen LogP contribution >= 0.6 is 0 Å². The fourth-order valence-corrected chi connectivity index (χ4v) is 2.18. The van der Waals surface area contributed by atoms with Gasteiger partial charge in [-0.25, -0.2) is 0 Å². The molecule has 0 aliphatic rings. The molecule has 0 unspecified atom stereocenters. The van der Waals surface area contributed by atoms with Crippen molar-refractivity contribution in [2.45, 2.75) is 6.54 Å². The van der Waals surface area contributed by atoms with E-state index in [4.69, 9.17) is 0 Å². The summed E-state index contributed by atoms with van der Waals surface area (Å²) in [5.41, 5.74) is 4.44. The molecule has 3 aromatic rings. The number of benzene rings is 2. The van der Waals surface area contributed by atoms with Gasteiger partial charge in [-0.15, -0.1) is 0 Å². The molecule has 1 heterocycles. The second-order valence-electron chi connectivity index (χ2n) is 4.76. The van der Waals surface area contributed by atoms with Crippen LogP contribution in [0.5, 0.6) is 0 Å². The minimum Gasteiger partial charge on any atom is -0.268 e. The molecule has 2 nitrogen and oxygen atoms in total. The van der Waals surface area contributed by atoms with E-state index in [1.165, 1.54) is 5.56 Å². The third-order valence-corrected chi connectivity index (χ3v) is 3.29. The Balaban J connectivity index is 1.79. The van der Waals surface area contributed by atoms with Gasteiger partial charge in [0.25, 0.3) is 0 Å². The highest BCUT2D eigenvalue weighted by Gasteiger charge is 2.05. The molecule has 2 aromatic carbocycles. The maximum absolute atomic E-state index is 4.41. The highest BCUT2D eigenvalue weighted by molar-refractivity contribution is 5.77. The Kier molecular flexibility index (Phi) is 3.46. The van der Waals surface area contributed by atoms with Crippen LogP contribution in [0, 0.1) is 0 Å². The van der Waals surface area contributed by atoms with Gasteiger partial charge in [0.2, 0.25) is 0 Å². The Labute approximate surface area is 119 Å². The minimum atomic E-state index is 0.781. The van der Waals surface area contributed by atoms with Gasteiger partial charge in [-0.2, -0.15) is 5.10 Å². The number of nitrogens with zero attached hydrogens (tertiary/aromatic N) is 2. The lowest BCUT2D eigenvalue weighted by molar-refractivity contribution is 0.687. The van der Waals surface area contributed by atoms with E-state index in [1.54, 1.807) is 0 Å². The summed E-state index contributed by atoms with van der Waals surface area (Å²) >= 11 is 0. The number of aromatic nitrogens is 2. The summed E-state index contributed by atoms with van der Waals surface area (Å²) in [6, 6.07) is 20.5. The normalized spacial score (nSPS) is 10.4. The zero-order chi connectivity index (χ0) is 13.8. The van der Waals surface area contributed by atoms with Crippen LogP contribution in [0.4, 0.5) is 0 Å². The molecule has 0 radical (unpaired) electrons. The summed E-state index contributed by atoms with van der Waals surface area (Å²) in [6.45, 7) is 4.94. The van der Waals surface area contributed by atoms with Crippen LogP contribution in [0.25, 0.3) is 5.57 Å². The van der Waals surface area contributed by atoms with Crippen molar-refractivity contribution in [3.05, 3.63) is 96.3 Å². The van der Waals surface area contributed by atoms with Crippen molar-refractivity contribution in [2.75, 3.05) is 0 Å². The van der Waals surface area contributed by atoms with E-state index < -0.39 is 0 Å². The molecule has 0 saturated heterocycles. The quantitative estimate of drug-likeness (QED) is 0.693. The number of rotatable bonds is 4. The Morgan fingerprint density at radius 1 is 0.900 bits per heavy atom. The van der Waals surface area contributed by atoms with E-state index in [0.29, 0.717) is 0 Å². The van der Waals surface area contributed by atoms with Gasteiger partial charge in [-0.05, 0) is 16.7 Å². The van der Waals surface area contributed by atoms with Crippen LogP contribution < -0.4 is 0 Å². The number of hydrogen-bond acceptors (Lipinski definition) is 1. The summed E-state index contributed by atoms with van der Waals surface area (Å²) in [4.78, 5) is 0. The molecule has 1 aromatic heterocycles. The largest absolute Gasteiger partial charge is 0.268 e. The van der Waals surface area contributed by atoms with Gasteiger partial charge in [0.05, 0.1) is 12.7 Å². The van der Waals surface area contributed by atoms with Crippen molar-refractivity contribution >= 4 is 5.57 Å². The first-order valence-corrected chi connectivity index (χ1v) is 6.64. The predicted molar refractivity (Wildman–Crippen MR) is 82.3 cm³/mol. The zero-order valence-electron chi connectivity index (χ0n) is 11.2. The van der Waals surface area contributed by atoms with Crippen molar-refractivity contribution in [3.63, 3.8) is 0 Å². The van der Waals surface area contributed by atoms with E-state index in [2.05, 4.69) is 35.9 Å². The third kappa shape index (κ3) is 2.69. The lowest BCUT2D eigenvalue weighted by Crippen LogP contribution is -1.99. The zero-order valence-corrected chi connectivity index (χ0v) is 11.2. The van der Waals surface area contributed by atoms with Crippen molar-refractivity contribution in [1.82, 2.24) is 9.78 Å². The molecule has 0 amide bonds. The molecule has 0 atom stereocenters. The van der Waals surface area contributed by atoms with E-state index in [-0.39, 0.29) is 0 Å². The Morgan fingerprint density at radius 2 is 1.55 bits per heavy atom. The number of hydrogen-bond donors (Lipinski definition) is 0. The molecule has 0 N–H and O–H groups in total. The van der Waals surface area contributed by atoms with Crippen molar-refractivity contribution in [3.8, 4) is 0 Å². The molecule has 98 valence electrons. The topological polar surface area (TPSA) is 17.8 Å². The van der Waals surface area contributed by atoms with Gasteiger partial charge in [0.1, 0.15) is 0 Å². The highest BCUT2D eigenvalue weighted by Crippen LogP contribution is 2.20. The van der Waals surface area contributed by atoms with E-state index >= 15 is 0 Å².